The van der Waals surface area contributed by atoms with E-state index in [4.69, 9.17) is 4.74 Å². The average Bonchev–Trinajstić information content (AvgIpc) is 3.03. The zero-order valence-corrected chi connectivity index (χ0v) is 19.3. The summed E-state index contributed by atoms with van der Waals surface area (Å²) >= 11 is 0. The van der Waals surface area contributed by atoms with Gasteiger partial charge in [0, 0.05) is 38.3 Å². The van der Waals surface area contributed by atoms with Crippen LogP contribution in [0, 0.1) is 5.92 Å². The summed E-state index contributed by atoms with van der Waals surface area (Å²) < 4.78 is 5.24. The van der Waals surface area contributed by atoms with Crippen molar-refractivity contribution in [2.24, 2.45) is 5.92 Å². The van der Waals surface area contributed by atoms with Crippen LogP contribution in [-0.2, 0) is 4.79 Å². The number of nitrogens with one attached hydrogen (secondary N) is 1. The Morgan fingerprint density at radius 1 is 1.22 bits per heavy atom. The number of imide groups is 1. The van der Waals surface area contributed by atoms with Crippen LogP contribution in [0.3, 0.4) is 0 Å². The SMILES string of the molecule is COc1cccc(C(=O)N2CCC[C@@H](N3C(=O)NC4(CCN(CC(C)C)CC4)C3=O)C2)c1. The van der Waals surface area contributed by atoms with Gasteiger partial charge in [-0.05, 0) is 49.8 Å². The molecule has 1 N–H and O–H groups in total. The smallest absolute Gasteiger partial charge is 0.325 e. The normalized spacial score (nSPS) is 23.7. The summed E-state index contributed by atoms with van der Waals surface area (Å²) in [5, 5.41) is 3.02. The van der Waals surface area contributed by atoms with E-state index in [9.17, 15) is 14.4 Å². The van der Waals surface area contributed by atoms with Crippen molar-refractivity contribution in [1.29, 1.82) is 0 Å². The fraction of sp³-hybridized carbons (Fsp3) is 0.625. The number of nitrogens with zero attached hydrogens (tertiary/aromatic N) is 3. The lowest BCUT2D eigenvalue weighted by Crippen LogP contribution is -2.56. The van der Waals surface area contributed by atoms with Crippen molar-refractivity contribution in [3.8, 4) is 5.75 Å². The molecule has 174 valence electrons. The van der Waals surface area contributed by atoms with Gasteiger partial charge in [-0.15, -0.1) is 0 Å². The van der Waals surface area contributed by atoms with E-state index in [0.29, 0.717) is 43.2 Å². The second-order valence-electron chi connectivity index (χ2n) is 9.66. The minimum atomic E-state index is -0.788. The fourth-order valence-corrected chi connectivity index (χ4v) is 5.23. The molecule has 8 nitrogen and oxygen atoms in total. The molecular weight excluding hydrogens is 408 g/mol. The highest BCUT2D eigenvalue weighted by Crippen LogP contribution is 2.33. The largest absolute Gasteiger partial charge is 0.497 e. The summed E-state index contributed by atoms with van der Waals surface area (Å²) in [6, 6.07) is 6.48. The molecule has 1 aromatic rings. The molecule has 3 fully saturated rings. The first-order valence-electron chi connectivity index (χ1n) is 11.6. The third-order valence-electron chi connectivity index (χ3n) is 6.89. The third kappa shape index (κ3) is 4.33. The van der Waals surface area contributed by atoms with Crippen LogP contribution in [0.4, 0.5) is 4.79 Å². The van der Waals surface area contributed by atoms with Gasteiger partial charge in [-0.3, -0.25) is 14.5 Å². The van der Waals surface area contributed by atoms with E-state index < -0.39 is 5.54 Å². The number of ether oxygens (including phenoxy) is 1. The maximum atomic E-state index is 13.5. The van der Waals surface area contributed by atoms with Gasteiger partial charge in [0.05, 0.1) is 13.2 Å². The van der Waals surface area contributed by atoms with Gasteiger partial charge < -0.3 is 19.9 Å². The van der Waals surface area contributed by atoms with E-state index in [-0.39, 0.29) is 23.9 Å². The number of piperidine rings is 2. The van der Waals surface area contributed by atoms with Crippen LogP contribution in [0.2, 0.25) is 0 Å². The van der Waals surface area contributed by atoms with E-state index in [1.165, 1.54) is 4.90 Å². The number of benzene rings is 1. The van der Waals surface area contributed by atoms with Crippen LogP contribution in [0.25, 0.3) is 0 Å². The molecule has 3 aliphatic rings. The van der Waals surface area contributed by atoms with E-state index in [2.05, 4.69) is 24.1 Å². The first kappa shape index (κ1) is 22.6. The van der Waals surface area contributed by atoms with Gasteiger partial charge in [0.15, 0.2) is 0 Å². The molecule has 8 heteroatoms. The molecule has 4 rings (SSSR count). The molecule has 0 aliphatic carbocycles. The molecule has 0 radical (unpaired) electrons. The molecule has 0 bridgehead atoms. The Morgan fingerprint density at radius 2 is 1.97 bits per heavy atom. The first-order valence-corrected chi connectivity index (χ1v) is 11.6. The van der Waals surface area contributed by atoms with Crippen LogP contribution in [-0.4, -0.2) is 84.0 Å². The summed E-state index contributed by atoms with van der Waals surface area (Å²) in [6.45, 7) is 7.99. The standard InChI is InChI=1S/C24H34N4O4/c1-17(2)15-26-12-9-24(10-13-26)22(30)28(23(31)25-24)19-7-5-11-27(16-19)21(29)18-6-4-8-20(14-18)32-3/h4,6,8,14,17,19H,5,7,9-13,15-16H2,1-3H3,(H,25,31)/t19-/m1/s1. The lowest BCUT2D eigenvalue weighted by molar-refractivity contribution is -0.135. The fourth-order valence-electron chi connectivity index (χ4n) is 5.23. The van der Waals surface area contributed by atoms with Crippen molar-refractivity contribution in [1.82, 2.24) is 20.0 Å². The lowest BCUT2D eigenvalue weighted by atomic mass is 9.86. The predicted octanol–water partition coefficient (Wildman–Crippen LogP) is 2.34. The number of hydrogen-bond acceptors (Lipinski definition) is 5. The quantitative estimate of drug-likeness (QED) is 0.708. The van der Waals surface area contributed by atoms with E-state index in [0.717, 1.165) is 32.5 Å². The highest BCUT2D eigenvalue weighted by molar-refractivity contribution is 6.07. The molecule has 0 saturated carbocycles. The summed E-state index contributed by atoms with van der Waals surface area (Å²) in [6.07, 6.45) is 2.75. The molecule has 4 amide bonds. The minimum Gasteiger partial charge on any atom is -0.497 e. The molecule has 1 atom stereocenters. The number of likely N-dealkylation sites (tertiary alicyclic amines) is 2. The van der Waals surface area contributed by atoms with Crippen molar-refractivity contribution in [2.75, 3.05) is 39.8 Å². The molecule has 0 aromatic heterocycles. The Kier molecular flexibility index (Phi) is 6.42. The van der Waals surface area contributed by atoms with Crippen molar-refractivity contribution in [3.63, 3.8) is 0 Å². The number of carbonyl (C=O) groups is 3. The van der Waals surface area contributed by atoms with E-state index in [1.807, 2.05) is 0 Å². The van der Waals surface area contributed by atoms with Gasteiger partial charge in [0.1, 0.15) is 11.3 Å². The van der Waals surface area contributed by atoms with Crippen molar-refractivity contribution >= 4 is 17.8 Å². The number of amides is 4. The van der Waals surface area contributed by atoms with Crippen LogP contribution in [0.1, 0.15) is 49.9 Å². The van der Waals surface area contributed by atoms with Crippen LogP contribution >= 0.6 is 0 Å². The zero-order valence-electron chi connectivity index (χ0n) is 19.3. The van der Waals surface area contributed by atoms with Gasteiger partial charge >= 0.3 is 6.03 Å². The van der Waals surface area contributed by atoms with Crippen LogP contribution < -0.4 is 10.1 Å². The van der Waals surface area contributed by atoms with Gasteiger partial charge in [-0.1, -0.05) is 19.9 Å². The number of rotatable bonds is 5. The van der Waals surface area contributed by atoms with Gasteiger partial charge in [-0.25, -0.2) is 4.79 Å². The minimum absolute atomic E-state index is 0.0997. The number of carbonyl (C=O) groups excluding carboxylic acids is 3. The lowest BCUT2D eigenvalue weighted by Gasteiger charge is -2.39. The predicted molar refractivity (Wildman–Crippen MR) is 121 cm³/mol. The third-order valence-corrected chi connectivity index (χ3v) is 6.89. The Balaban J connectivity index is 1.44. The van der Waals surface area contributed by atoms with Crippen LogP contribution in [0.15, 0.2) is 24.3 Å². The number of urea groups is 1. The monoisotopic (exact) mass is 442 g/mol. The Bertz CT molecular complexity index is 879. The highest BCUT2D eigenvalue weighted by Gasteiger charge is 2.54. The molecular formula is C24H34N4O4. The Hall–Kier alpha value is -2.61. The van der Waals surface area contributed by atoms with Gasteiger partial charge in [-0.2, -0.15) is 0 Å². The highest BCUT2D eigenvalue weighted by atomic mass is 16.5. The molecule has 0 unspecified atom stereocenters. The van der Waals surface area contributed by atoms with Crippen molar-refractivity contribution < 1.29 is 19.1 Å². The maximum absolute atomic E-state index is 13.5. The number of hydrogen-bond donors (Lipinski definition) is 1. The molecule has 3 aliphatic heterocycles. The van der Waals surface area contributed by atoms with Gasteiger partial charge in [0.2, 0.25) is 0 Å². The summed E-state index contributed by atoms with van der Waals surface area (Å²) in [5.74, 6) is 0.985. The van der Waals surface area contributed by atoms with Crippen molar-refractivity contribution in [3.05, 3.63) is 29.8 Å². The topological polar surface area (TPSA) is 82.2 Å². The summed E-state index contributed by atoms with van der Waals surface area (Å²) in [5.41, 5.74) is -0.236. The molecule has 3 heterocycles. The zero-order chi connectivity index (χ0) is 22.9. The Labute approximate surface area is 189 Å². The van der Waals surface area contributed by atoms with Crippen LogP contribution in [0.5, 0.6) is 5.75 Å². The van der Waals surface area contributed by atoms with Crippen molar-refractivity contribution in [2.45, 2.75) is 51.1 Å². The molecule has 32 heavy (non-hydrogen) atoms. The van der Waals surface area contributed by atoms with E-state index in [1.54, 1.807) is 36.3 Å². The molecule has 3 saturated heterocycles. The summed E-state index contributed by atoms with van der Waals surface area (Å²) in [7, 11) is 1.57. The Morgan fingerprint density at radius 3 is 2.66 bits per heavy atom. The summed E-state index contributed by atoms with van der Waals surface area (Å²) in [4.78, 5) is 45.0. The second kappa shape index (κ2) is 9.10. The molecule has 1 aromatic carbocycles. The number of methoxy groups -OCH3 is 1. The van der Waals surface area contributed by atoms with E-state index >= 15 is 0 Å². The second-order valence-corrected chi connectivity index (χ2v) is 9.66. The van der Waals surface area contributed by atoms with Gasteiger partial charge in [0.25, 0.3) is 11.8 Å². The first-order chi connectivity index (χ1) is 15.3. The maximum Gasteiger partial charge on any atom is 0.325 e. The average molecular weight is 443 g/mol. The molecule has 1 spiro atoms.